The van der Waals surface area contributed by atoms with Crippen LogP contribution in [-0.2, 0) is 5.41 Å². The molecule has 0 aromatic heterocycles. The lowest BCUT2D eigenvalue weighted by atomic mass is 9.75. The average molecular weight is 233 g/mol. The van der Waals surface area contributed by atoms with Crippen LogP contribution >= 0.6 is 0 Å². The molecule has 0 nitrogen and oxygen atoms in total. The third-order valence-corrected chi connectivity index (χ3v) is 3.88. The molecule has 0 saturated heterocycles. The Morgan fingerprint density at radius 2 is 1.29 bits per heavy atom. The molecule has 0 heteroatoms. The van der Waals surface area contributed by atoms with Crippen molar-refractivity contribution in [3.63, 3.8) is 0 Å². The molecular weight excluding hydrogens is 204 g/mol. The standard InChI is InChI=1S/C17H28/c1-10(2)15-12(4)11(3)13(5)16(14(15)6)17(7,8)9/h10H,1-9H3/i10D. The van der Waals surface area contributed by atoms with Crippen molar-refractivity contribution in [3.8, 4) is 0 Å². The molecule has 0 aliphatic carbocycles. The molecular formula is C17H28. The Morgan fingerprint density at radius 3 is 1.65 bits per heavy atom. The van der Waals surface area contributed by atoms with Gasteiger partial charge in [-0.3, -0.25) is 0 Å². The van der Waals surface area contributed by atoms with Gasteiger partial charge in [0.05, 0.1) is 0 Å². The zero-order chi connectivity index (χ0) is 14.5. The lowest BCUT2D eigenvalue weighted by Gasteiger charge is -2.30. The first-order valence-electron chi connectivity index (χ1n) is 7.00. The molecule has 0 spiro atoms. The molecule has 0 bridgehead atoms. The minimum absolute atomic E-state index is 0.132. The highest BCUT2D eigenvalue weighted by Gasteiger charge is 2.24. The predicted octanol–water partition coefficient (Wildman–Crippen LogP) is 5.34. The highest BCUT2D eigenvalue weighted by molar-refractivity contribution is 5.53. The van der Waals surface area contributed by atoms with Gasteiger partial charge in [0, 0.05) is 1.37 Å². The minimum Gasteiger partial charge on any atom is -0.0587 e. The van der Waals surface area contributed by atoms with Crippen LogP contribution in [0.25, 0.3) is 0 Å². The first-order valence-corrected chi connectivity index (χ1v) is 6.50. The molecule has 17 heavy (non-hydrogen) atoms. The monoisotopic (exact) mass is 233 g/mol. The van der Waals surface area contributed by atoms with Crippen molar-refractivity contribution in [2.45, 2.75) is 73.6 Å². The van der Waals surface area contributed by atoms with Crippen LogP contribution in [0.15, 0.2) is 0 Å². The molecule has 0 amide bonds. The lowest BCUT2D eigenvalue weighted by molar-refractivity contribution is 0.578. The highest BCUT2D eigenvalue weighted by Crippen LogP contribution is 2.37. The fraction of sp³-hybridized carbons (Fsp3) is 0.647. The Balaban J connectivity index is 3.83. The maximum absolute atomic E-state index is 8.42. The van der Waals surface area contributed by atoms with Crippen molar-refractivity contribution in [1.29, 1.82) is 0 Å². The molecule has 1 aromatic rings. The smallest absolute Gasteiger partial charge is 0.0347 e. The molecule has 0 saturated carbocycles. The lowest BCUT2D eigenvalue weighted by Crippen LogP contribution is -2.18. The van der Waals surface area contributed by atoms with E-state index in [1.165, 1.54) is 33.4 Å². The summed E-state index contributed by atoms with van der Waals surface area (Å²) >= 11 is 0. The maximum Gasteiger partial charge on any atom is 0.0347 e. The second-order valence-electron chi connectivity index (χ2n) is 6.50. The third kappa shape index (κ3) is 2.41. The Morgan fingerprint density at radius 1 is 0.824 bits per heavy atom. The molecule has 0 heterocycles. The second kappa shape index (κ2) is 4.48. The fourth-order valence-corrected chi connectivity index (χ4v) is 3.22. The van der Waals surface area contributed by atoms with Crippen molar-refractivity contribution in [1.82, 2.24) is 0 Å². The van der Waals surface area contributed by atoms with Crippen molar-refractivity contribution in [3.05, 3.63) is 33.4 Å². The summed E-state index contributed by atoms with van der Waals surface area (Å²) in [7, 11) is 0. The summed E-state index contributed by atoms with van der Waals surface area (Å²) in [5, 5.41) is 0. The van der Waals surface area contributed by atoms with Crippen LogP contribution in [0.3, 0.4) is 0 Å². The van der Waals surface area contributed by atoms with Crippen LogP contribution in [0.1, 0.15) is 75.3 Å². The Bertz CT molecular complexity index is 427. The molecule has 0 unspecified atom stereocenters. The summed E-state index contributed by atoms with van der Waals surface area (Å²) in [5.41, 5.74) is 8.09. The topological polar surface area (TPSA) is 0 Å². The van der Waals surface area contributed by atoms with Gasteiger partial charge in [0.25, 0.3) is 0 Å². The van der Waals surface area contributed by atoms with Crippen molar-refractivity contribution >= 4 is 0 Å². The van der Waals surface area contributed by atoms with E-state index in [4.69, 9.17) is 1.37 Å². The summed E-state index contributed by atoms with van der Waals surface area (Å²) in [5.74, 6) is -0.535. The van der Waals surface area contributed by atoms with E-state index in [1.54, 1.807) is 0 Å². The van der Waals surface area contributed by atoms with Gasteiger partial charge in [-0.25, -0.2) is 0 Å². The van der Waals surface area contributed by atoms with E-state index in [0.717, 1.165) is 0 Å². The van der Waals surface area contributed by atoms with E-state index in [9.17, 15) is 0 Å². The van der Waals surface area contributed by atoms with Gasteiger partial charge in [-0.1, -0.05) is 34.6 Å². The van der Waals surface area contributed by atoms with Gasteiger partial charge >= 0.3 is 0 Å². The number of hydrogen-bond donors (Lipinski definition) is 0. The quantitative estimate of drug-likeness (QED) is 0.614. The molecule has 1 aromatic carbocycles. The van der Waals surface area contributed by atoms with Gasteiger partial charge in [0.15, 0.2) is 0 Å². The van der Waals surface area contributed by atoms with Gasteiger partial charge < -0.3 is 0 Å². The van der Waals surface area contributed by atoms with Crippen molar-refractivity contribution in [2.75, 3.05) is 0 Å². The number of hydrogen-bond acceptors (Lipinski definition) is 0. The van der Waals surface area contributed by atoms with Crippen molar-refractivity contribution < 1.29 is 1.37 Å². The predicted molar refractivity (Wildman–Crippen MR) is 78.2 cm³/mol. The van der Waals surface area contributed by atoms with Gasteiger partial charge in [-0.15, -0.1) is 0 Å². The van der Waals surface area contributed by atoms with E-state index in [2.05, 4.69) is 48.5 Å². The summed E-state index contributed by atoms with van der Waals surface area (Å²) in [6.07, 6.45) is 0. The van der Waals surface area contributed by atoms with Gasteiger partial charge in [-0.2, -0.15) is 0 Å². The molecule has 0 aliphatic heterocycles. The number of benzene rings is 1. The summed E-state index contributed by atoms with van der Waals surface area (Å²) in [6.45, 7) is 19.5. The van der Waals surface area contributed by atoms with Gasteiger partial charge in [-0.05, 0) is 72.4 Å². The molecule has 0 fully saturated rings. The average Bonchev–Trinajstić information content (AvgIpc) is 2.09. The van der Waals surface area contributed by atoms with E-state index in [0.29, 0.717) is 0 Å². The largest absolute Gasteiger partial charge is 0.0587 e. The third-order valence-electron chi connectivity index (χ3n) is 3.88. The zero-order valence-electron chi connectivity index (χ0n) is 14.0. The van der Waals surface area contributed by atoms with Crippen LogP contribution in [0.5, 0.6) is 0 Å². The Kier molecular flexibility index (Phi) is 3.34. The van der Waals surface area contributed by atoms with E-state index < -0.39 is 5.89 Å². The highest BCUT2D eigenvalue weighted by atomic mass is 14.3. The minimum atomic E-state index is -0.535. The summed E-state index contributed by atoms with van der Waals surface area (Å²) < 4.78 is 8.42. The molecule has 96 valence electrons. The van der Waals surface area contributed by atoms with Crippen LogP contribution in [0.2, 0.25) is 0 Å². The van der Waals surface area contributed by atoms with Gasteiger partial charge in [0.1, 0.15) is 0 Å². The molecule has 0 radical (unpaired) electrons. The van der Waals surface area contributed by atoms with Gasteiger partial charge in [0.2, 0.25) is 0 Å². The summed E-state index contributed by atoms with van der Waals surface area (Å²) in [4.78, 5) is 0. The summed E-state index contributed by atoms with van der Waals surface area (Å²) in [6, 6.07) is 0. The molecule has 0 atom stereocenters. The van der Waals surface area contributed by atoms with Crippen LogP contribution in [-0.4, -0.2) is 0 Å². The first kappa shape index (κ1) is 12.7. The SMILES string of the molecule is [2H]C(C)(C)c1c(C)c(C)c(C)c(C(C)(C)C)c1C. The maximum atomic E-state index is 8.42. The fourth-order valence-electron chi connectivity index (χ4n) is 3.22. The molecule has 1 rings (SSSR count). The molecule has 0 N–H and O–H groups in total. The van der Waals surface area contributed by atoms with Crippen molar-refractivity contribution in [2.24, 2.45) is 0 Å². The van der Waals surface area contributed by atoms with E-state index in [-0.39, 0.29) is 5.41 Å². The normalized spacial score (nSPS) is 13.8. The Hall–Kier alpha value is -0.780. The second-order valence-corrected chi connectivity index (χ2v) is 6.50. The Labute approximate surface area is 109 Å². The zero-order valence-corrected chi connectivity index (χ0v) is 13.0. The van der Waals surface area contributed by atoms with Crippen LogP contribution in [0.4, 0.5) is 0 Å². The molecule has 0 aliphatic rings. The van der Waals surface area contributed by atoms with Crippen LogP contribution < -0.4 is 0 Å². The van der Waals surface area contributed by atoms with E-state index >= 15 is 0 Å². The van der Waals surface area contributed by atoms with Crippen LogP contribution in [0, 0.1) is 27.7 Å². The van der Waals surface area contributed by atoms with E-state index in [1.807, 2.05) is 13.8 Å². The first-order chi connectivity index (χ1) is 7.89. The number of rotatable bonds is 1.